The first kappa shape index (κ1) is 17.5. The second-order valence-corrected chi connectivity index (χ2v) is 8.25. The van der Waals surface area contributed by atoms with E-state index >= 15 is 0 Å². The molecule has 134 valence electrons. The minimum atomic E-state index is -3.48. The summed E-state index contributed by atoms with van der Waals surface area (Å²) in [5.41, 5.74) is 0. The first-order valence-corrected chi connectivity index (χ1v) is 10.1. The van der Waals surface area contributed by atoms with Gasteiger partial charge in [0.2, 0.25) is 10.0 Å². The fraction of sp³-hybridized carbons (Fsp3) is 0.647. The second-order valence-electron chi connectivity index (χ2n) is 6.31. The predicted molar refractivity (Wildman–Crippen MR) is 92.1 cm³/mol. The number of fused-ring (bicyclic) bond motifs is 1. The zero-order valence-electron chi connectivity index (χ0n) is 14.4. The highest BCUT2D eigenvalue weighted by molar-refractivity contribution is 7.89. The Hall–Kier alpha value is -1.31. The number of hydrogen-bond acceptors (Lipinski definition) is 5. The van der Waals surface area contributed by atoms with Crippen molar-refractivity contribution in [2.75, 3.05) is 45.9 Å². The number of rotatable bonds is 6. The van der Waals surface area contributed by atoms with E-state index in [0.717, 1.165) is 26.1 Å². The molecule has 0 spiro atoms. The van der Waals surface area contributed by atoms with Crippen LogP contribution in [0.5, 0.6) is 11.5 Å². The molecule has 24 heavy (non-hydrogen) atoms. The molecule has 2 heterocycles. The van der Waals surface area contributed by atoms with Crippen molar-refractivity contribution in [3.63, 3.8) is 0 Å². The van der Waals surface area contributed by atoms with E-state index in [1.165, 1.54) is 0 Å². The van der Waals surface area contributed by atoms with Crippen LogP contribution in [0.3, 0.4) is 0 Å². The van der Waals surface area contributed by atoms with Gasteiger partial charge in [0.15, 0.2) is 11.5 Å². The minimum Gasteiger partial charge on any atom is -0.486 e. The highest BCUT2D eigenvalue weighted by Gasteiger charge is 2.33. The third-order valence-electron chi connectivity index (χ3n) is 4.81. The van der Waals surface area contributed by atoms with E-state index in [2.05, 4.69) is 18.7 Å². The van der Waals surface area contributed by atoms with Gasteiger partial charge in [-0.3, -0.25) is 0 Å². The Morgan fingerprint density at radius 3 is 2.58 bits per heavy atom. The van der Waals surface area contributed by atoms with E-state index in [0.29, 0.717) is 43.7 Å². The molecule has 3 rings (SSSR count). The summed E-state index contributed by atoms with van der Waals surface area (Å²) in [6, 6.07) is 4.88. The Bertz CT molecular complexity index is 673. The van der Waals surface area contributed by atoms with Gasteiger partial charge in [0.1, 0.15) is 13.2 Å². The lowest BCUT2D eigenvalue weighted by molar-refractivity contribution is 0.171. The summed E-state index contributed by atoms with van der Waals surface area (Å²) < 4.78 is 38.4. The zero-order valence-corrected chi connectivity index (χ0v) is 15.2. The van der Waals surface area contributed by atoms with Crippen molar-refractivity contribution in [3.8, 4) is 11.5 Å². The molecule has 0 bridgehead atoms. The summed E-state index contributed by atoms with van der Waals surface area (Å²) in [5, 5.41) is 0. The molecular weight excluding hydrogens is 328 g/mol. The van der Waals surface area contributed by atoms with E-state index in [1.807, 2.05) is 0 Å². The van der Waals surface area contributed by atoms with Crippen LogP contribution in [-0.2, 0) is 10.0 Å². The topological polar surface area (TPSA) is 59.1 Å². The van der Waals surface area contributed by atoms with Crippen molar-refractivity contribution in [3.05, 3.63) is 18.2 Å². The summed E-state index contributed by atoms with van der Waals surface area (Å²) in [6.45, 7) is 9.37. The van der Waals surface area contributed by atoms with Crippen LogP contribution in [0.4, 0.5) is 0 Å². The molecule has 1 saturated heterocycles. The second kappa shape index (κ2) is 7.29. The van der Waals surface area contributed by atoms with Crippen LogP contribution in [0.2, 0.25) is 0 Å². The van der Waals surface area contributed by atoms with Crippen molar-refractivity contribution < 1.29 is 17.9 Å². The Labute approximate surface area is 144 Å². The quantitative estimate of drug-likeness (QED) is 0.780. The molecule has 2 aliphatic rings. The molecule has 1 atom stereocenters. The van der Waals surface area contributed by atoms with Crippen molar-refractivity contribution >= 4 is 10.0 Å². The number of hydrogen-bond donors (Lipinski definition) is 0. The van der Waals surface area contributed by atoms with Crippen LogP contribution in [0.25, 0.3) is 0 Å². The van der Waals surface area contributed by atoms with Gasteiger partial charge in [0, 0.05) is 25.7 Å². The van der Waals surface area contributed by atoms with Crippen molar-refractivity contribution in [1.82, 2.24) is 9.21 Å². The molecule has 1 unspecified atom stereocenters. The molecule has 0 amide bonds. The maximum Gasteiger partial charge on any atom is 0.243 e. The van der Waals surface area contributed by atoms with Crippen LogP contribution >= 0.6 is 0 Å². The molecule has 0 aromatic heterocycles. The van der Waals surface area contributed by atoms with E-state index in [-0.39, 0.29) is 4.90 Å². The Kier molecular flexibility index (Phi) is 5.32. The maximum atomic E-state index is 12.9. The van der Waals surface area contributed by atoms with Gasteiger partial charge < -0.3 is 14.4 Å². The fourth-order valence-corrected chi connectivity index (χ4v) is 4.89. The number of ether oxygens (including phenoxy) is 2. The molecule has 0 N–H and O–H groups in total. The monoisotopic (exact) mass is 354 g/mol. The summed E-state index contributed by atoms with van der Waals surface area (Å²) in [7, 11) is -3.48. The minimum absolute atomic E-state index is 0.287. The van der Waals surface area contributed by atoms with Crippen LogP contribution in [0, 0.1) is 5.92 Å². The van der Waals surface area contributed by atoms with Gasteiger partial charge in [-0.05, 0) is 37.6 Å². The SMILES string of the molecule is CCN(CC)CC1CCN(S(=O)(=O)c2ccc3c(c2)OCCO3)C1. The van der Waals surface area contributed by atoms with Crippen LogP contribution in [0.15, 0.2) is 23.1 Å². The van der Waals surface area contributed by atoms with Crippen molar-refractivity contribution in [1.29, 1.82) is 0 Å². The lowest BCUT2D eigenvalue weighted by Crippen LogP contribution is -2.33. The summed E-state index contributed by atoms with van der Waals surface area (Å²) in [6.07, 6.45) is 0.917. The molecule has 7 heteroatoms. The van der Waals surface area contributed by atoms with E-state index < -0.39 is 10.0 Å². The van der Waals surface area contributed by atoms with Crippen molar-refractivity contribution in [2.24, 2.45) is 5.92 Å². The first-order valence-electron chi connectivity index (χ1n) is 8.66. The highest BCUT2D eigenvalue weighted by atomic mass is 32.2. The lowest BCUT2D eigenvalue weighted by Gasteiger charge is -2.23. The lowest BCUT2D eigenvalue weighted by atomic mass is 10.1. The van der Waals surface area contributed by atoms with Gasteiger partial charge >= 0.3 is 0 Å². The molecular formula is C17H26N2O4S. The molecule has 1 aromatic carbocycles. The van der Waals surface area contributed by atoms with Gasteiger partial charge in [-0.2, -0.15) is 4.31 Å². The highest BCUT2D eigenvalue weighted by Crippen LogP contribution is 2.34. The Balaban J connectivity index is 1.72. The van der Waals surface area contributed by atoms with E-state index in [9.17, 15) is 8.42 Å². The average Bonchev–Trinajstić information content (AvgIpc) is 3.08. The maximum absolute atomic E-state index is 12.9. The molecule has 6 nitrogen and oxygen atoms in total. The van der Waals surface area contributed by atoms with Crippen LogP contribution in [0.1, 0.15) is 20.3 Å². The summed E-state index contributed by atoms with van der Waals surface area (Å²) in [4.78, 5) is 2.64. The average molecular weight is 354 g/mol. The van der Waals surface area contributed by atoms with Gasteiger partial charge in [-0.15, -0.1) is 0 Å². The molecule has 0 saturated carbocycles. The first-order chi connectivity index (χ1) is 11.5. The summed E-state index contributed by atoms with van der Waals surface area (Å²) >= 11 is 0. The summed E-state index contributed by atoms with van der Waals surface area (Å²) in [5.74, 6) is 1.53. The van der Waals surface area contributed by atoms with E-state index in [1.54, 1.807) is 22.5 Å². The van der Waals surface area contributed by atoms with Gasteiger partial charge in [-0.1, -0.05) is 13.8 Å². The zero-order chi connectivity index (χ0) is 17.2. The largest absolute Gasteiger partial charge is 0.486 e. The molecule has 1 fully saturated rings. The smallest absolute Gasteiger partial charge is 0.243 e. The van der Waals surface area contributed by atoms with E-state index in [4.69, 9.17) is 9.47 Å². The molecule has 0 aliphatic carbocycles. The van der Waals surface area contributed by atoms with Crippen molar-refractivity contribution in [2.45, 2.75) is 25.2 Å². The fourth-order valence-electron chi connectivity index (χ4n) is 3.34. The Morgan fingerprint density at radius 1 is 1.17 bits per heavy atom. The number of nitrogens with zero attached hydrogens (tertiary/aromatic N) is 2. The van der Waals surface area contributed by atoms with Crippen LogP contribution < -0.4 is 9.47 Å². The molecule has 1 aromatic rings. The normalized spacial score (nSPS) is 21.4. The van der Waals surface area contributed by atoms with Gasteiger partial charge in [0.05, 0.1) is 4.90 Å². The molecule has 2 aliphatic heterocycles. The van der Waals surface area contributed by atoms with Crippen LogP contribution in [-0.4, -0.2) is 63.6 Å². The third kappa shape index (κ3) is 3.53. The van der Waals surface area contributed by atoms with Gasteiger partial charge in [0.25, 0.3) is 0 Å². The number of benzene rings is 1. The standard InChI is InChI=1S/C17H26N2O4S/c1-3-18(4-2)12-14-7-8-19(13-14)24(20,21)15-5-6-16-17(11-15)23-10-9-22-16/h5-6,11,14H,3-4,7-10,12-13H2,1-2H3. The predicted octanol–water partition coefficient (Wildman–Crippen LogP) is 1.81. The Morgan fingerprint density at radius 2 is 1.88 bits per heavy atom. The van der Waals surface area contributed by atoms with Gasteiger partial charge in [-0.25, -0.2) is 8.42 Å². The molecule has 0 radical (unpaired) electrons. The third-order valence-corrected chi connectivity index (χ3v) is 6.67. The number of sulfonamides is 1.